The zero-order valence-corrected chi connectivity index (χ0v) is 11.1. The van der Waals surface area contributed by atoms with Crippen LogP contribution >= 0.6 is 0 Å². The van der Waals surface area contributed by atoms with Crippen molar-refractivity contribution in [2.24, 2.45) is 0 Å². The van der Waals surface area contributed by atoms with Gasteiger partial charge in [0.05, 0.1) is 19.8 Å². The quantitative estimate of drug-likeness (QED) is 0.352. The molecule has 0 radical (unpaired) electrons. The Morgan fingerprint density at radius 1 is 1.42 bits per heavy atom. The zero-order chi connectivity index (χ0) is 14.3. The number of aryl methyl sites for hydroxylation is 1. The molecule has 1 aromatic rings. The van der Waals surface area contributed by atoms with Gasteiger partial charge in [-0.2, -0.15) is 10.1 Å². The third-order valence-corrected chi connectivity index (χ3v) is 2.51. The molecule has 1 rings (SSSR count). The van der Waals surface area contributed by atoms with Gasteiger partial charge in [0.1, 0.15) is 11.8 Å². The molecule has 0 fully saturated rings. The van der Waals surface area contributed by atoms with E-state index < -0.39 is 5.97 Å². The van der Waals surface area contributed by atoms with Crippen LogP contribution in [0, 0.1) is 11.3 Å². The van der Waals surface area contributed by atoms with Crippen LogP contribution in [0.2, 0.25) is 0 Å². The van der Waals surface area contributed by atoms with Crippen LogP contribution in [0.15, 0.2) is 24.3 Å². The number of rotatable bonds is 5. The summed E-state index contributed by atoms with van der Waals surface area (Å²) in [5.74, 6) is -0.210. The summed E-state index contributed by atoms with van der Waals surface area (Å²) in [6.45, 7) is 2.02. The van der Waals surface area contributed by atoms with Crippen molar-refractivity contribution in [3.8, 4) is 11.8 Å². The Morgan fingerprint density at radius 2 is 2.16 bits per heavy atom. The molecule has 0 heterocycles. The molecule has 0 saturated carbocycles. The Labute approximate surface area is 111 Å². The molecule has 0 aliphatic carbocycles. The third kappa shape index (κ3) is 3.83. The van der Waals surface area contributed by atoms with E-state index >= 15 is 0 Å². The first-order valence-electron chi connectivity index (χ1n) is 5.70. The molecule has 0 amide bonds. The number of nitrogens with zero attached hydrogens (tertiary/aromatic N) is 1. The van der Waals surface area contributed by atoms with E-state index in [4.69, 9.17) is 10.00 Å². The normalized spacial score (nSPS) is 10.7. The first-order chi connectivity index (χ1) is 9.15. The first kappa shape index (κ1) is 14.7. The van der Waals surface area contributed by atoms with Crippen molar-refractivity contribution >= 4 is 11.5 Å². The number of hydrogen-bond acceptors (Lipinski definition) is 5. The summed E-state index contributed by atoms with van der Waals surface area (Å²) in [6, 6.07) is 7.40. The fraction of sp³-hybridized carbons (Fsp3) is 0.286. The number of carbonyl (C=O) groups excluding carboxylic acids is 1. The number of ether oxygens (including phenoxy) is 1. The van der Waals surface area contributed by atoms with Crippen LogP contribution in [0.25, 0.3) is 5.57 Å². The van der Waals surface area contributed by atoms with Gasteiger partial charge < -0.3 is 4.74 Å². The molecule has 100 valence electrons. The van der Waals surface area contributed by atoms with Gasteiger partial charge in [-0.15, -0.1) is 0 Å². The SMILES string of the molecule is CCc1ccc(C(C#N)=CC(=O)OOC)c(OC)c1. The molecule has 0 spiro atoms. The van der Waals surface area contributed by atoms with Crippen LogP contribution in [0.1, 0.15) is 18.1 Å². The summed E-state index contributed by atoms with van der Waals surface area (Å²) >= 11 is 0. The number of carbonyl (C=O) groups is 1. The maximum atomic E-state index is 11.3. The summed E-state index contributed by atoms with van der Waals surface area (Å²) in [5, 5.41) is 9.12. The second kappa shape index (κ2) is 7.19. The van der Waals surface area contributed by atoms with Gasteiger partial charge in [0.25, 0.3) is 0 Å². The largest absolute Gasteiger partial charge is 0.496 e. The lowest BCUT2D eigenvalue weighted by molar-refractivity contribution is -0.249. The van der Waals surface area contributed by atoms with Crippen LogP contribution in [0.4, 0.5) is 0 Å². The second-order valence-corrected chi connectivity index (χ2v) is 3.63. The van der Waals surface area contributed by atoms with E-state index in [-0.39, 0.29) is 5.57 Å². The standard InChI is InChI=1S/C14H15NO4/c1-4-10-5-6-12(13(7-10)17-2)11(9-15)8-14(16)19-18-3/h5-8H,4H2,1-3H3. The molecule has 5 heteroatoms. The number of allylic oxidation sites excluding steroid dienone is 1. The fourth-order valence-electron chi connectivity index (χ4n) is 1.57. The van der Waals surface area contributed by atoms with Crippen LogP contribution in [-0.2, 0) is 21.0 Å². The molecule has 0 aromatic heterocycles. The van der Waals surface area contributed by atoms with Gasteiger partial charge in [-0.3, -0.25) is 4.89 Å². The lowest BCUT2D eigenvalue weighted by Crippen LogP contribution is -2.01. The number of methoxy groups -OCH3 is 1. The summed E-state index contributed by atoms with van der Waals surface area (Å²) in [4.78, 5) is 19.8. The summed E-state index contributed by atoms with van der Waals surface area (Å²) < 4.78 is 5.24. The van der Waals surface area contributed by atoms with Crippen molar-refractivity contribution in [3.05, 3.63) is 35.4 Å². The molecule has 0 N–H and O–H groups in total. The molecule has 1 aromatic carbocycles. The van der Waals surface area contributed by atoms with Gasteiger partial charge in [-0.05, 0) is 24.1 Å². The van der Waals surface area contributed by atoms with E-state index in [0.29, 0.717) is 11.3 Å². The topological polar surface area (TPSA) is 68.6 Å². The average Bonchev–Trinajstić information content (AvgIpc) is 2.44. The monoisotopic (exact) mass is 261 g/mol. The van der Waals surface area contributed by atoms with Gasteiger partial charge in [0.2, 0.25) is 0 Å². The van der Waals surface area contributed by atoms with E-state index in [1.54, 1.807) is 6.07 Å². The summed E-state index contributed by atoms with van der Waals surface area (Å²) in [5.41, 5.74) is 1.77. The Kier molecular flexibility index (Phi) is 5.58. The molecule has 0 bridgehead atoms. The molecule has 0 unspecified atom stereocenters. The average molecular weight is 261 g/mol. The van der Waals surface area contributed by atoms with E-state index in [2.05, 4.69) is 9.78 Å². The van der Waals surface area contributed by atoms with Crippen molar-refractivity contribution in [1.29, 1.82) is 5.26 Å². The molecule has 5 nitrogen and oxygen atoms in total. The van der Waals surface area contributed by atoms with Crippen molar-refractivity contribution in [1.82, 2.24) is 0 Å². The lowest BCUT2D eigenvalue weighted by Gasteiger charge is -2.09. The molecular weight excluding hydrogens is 246 g/mol. The predicted molar refractivity (Wildman–Crippen MR) is 69.1 cm³/mol. The van der Waals surface area contributed by atoms with Crippen LogP contribution in [-0.4, -0.2) is 20.2 Å². The minimum Gasteiger partial charge on any atom is -0.496 e. The van der Waals surface area contributed by atoms with E-state index in [1.807, 2.05) is 25.1 Å². The van der Waals surface area contributed by atoms with Gasteiger partial charge in [-0.1, -0.05) is 13.0 Å². The summed E-state index contributed by atoms with van der Waals surface area (Å²) in [7, 11) is 2.73. The molecule has 0 aliphatic rings. The van der Waals surface area contributed by atoms with Crippen LogP contribution in [0.5, 0.6) is 5.75 Å². The van der Waals surface area contributed by atoms with Crippen LogP contribution < -0.4 is 4.74 Å². The highest BCUT2D eigenvalue weighted by molar-refractivity contribution is 5.96. The highest BCUT2D eigenvalue weighted by atomic mass is 17.2. The van der Waals surface area contributed by atoms with Gasteiger partial charge >= 0.3 is 5.97 Å². The molecular formula is C14H15NO4. The molecule has 0 saturated heterocycles. The highest BCUT2D eigenvalue weighted by Gasteiger charge is 2.11. The highest BCUT2D eigenvalue weighted by Crippen LogP contribution is 2.27. The molecule has 0 aliphatic heterocycles. The fourth-order valence-corrected chi connectivity index (χ4v) is 1.57. The smallest absolute Gasteiger partial charge is 0.367 e. The van der Waals surface area contributed by atoms with E-state index in [0.717, 1.165) is 18.1 Å². The minimum atomic E-state index is -0.749. The van der Waals surface area contributed by atoms with Crippen molar-refractivity contribution in [2.45, 2.75) is 13.3 Å². The second-order valence-electron chi connectivity index (χ2n) is 3.63. The molecule has 19 heavy (non-hydrogen) atoms. The van der Waals surface area contributed by atoms with E-state index in [9.17, 15) is 4.79 Å². The number of benzene rings is 1. The Hall–Kier alpha value is -2.32. The van der Waals surface area contributed by atoms with Gasteiger partial charge in [0, 0.05) is 11.6 Å². The Bertz CT molecular complexity index is 529. The van der Waals surface area contributed by atoms with Crippen molar-refractivity contribution in [3.63, 3.8) is 0 Å². The number of hydrogen-bond donors (Lipinski definition) is 0. The van der Waals surface area contributed by atoms with Crippen molar-refractivity contribution < 1.29 is 19.3 Å². The van der Waals surface area contributed by atoms with E-state index in [1.165, 1.54) is 14.2 Å². The van der Waals surface area contributed by atoms with Gasteiger partial charge in [-0.25, -0.2) is 4.79 Å². The Morgan fingerprint density at radius 3 is 2.68 bits per heavy atom. The zero-order valence-electron chi connectivity index (χ0n) is 11.1. The van der Waals surface area contributed by atoms with Crippen LogP contribution in [0.3, 0.4) is 0 Å². The number of nitriles is 1. The first-order valence-corrected chi connectivity index (χ1v) is 5.70. The van der Waals surface area contributed by atoms with Crippen molar-refractivity contribution in [2.75, 3.05) is 14.2 Å². The van der Waals surface area contributed by atoms with Gasteiger partial charge in [0.15, 0.2) is 0 Å². The summed E-state index contributed by atoms with van der Waals surface area (Å²) in [6.07, 6.45) is 1.92. The maximum absolute atomic E-state index is 11.3. The maximum Gasteiger partial charge on any atom is 0.367 e. The third-order valence-electron chi connectivity index (χ3n) is 2.51. The molecule has 0 atom stereocenters. The predicted octanol–water partition coefficient (Wildman–Crippen LogP) is 2.27. The Balaban J connectivity index is 3.19. The minimum absolute atomic E-state index is 0.154. The lowest BCUT2D eigenvalue weighted by atomic mass is 10.0.